The number of hydrogen-bond donors (Lipinski definition) is 2. The molecular formula is C22H25N5O2. The van der Waals surface area contributed by atoms with Crippen molar-refractivity contribution in [3.63, 3.8) is 0 Å². The van der Waals surface area contributed by atoms with Gasteiger partial charge in [0.25, 0.3) is 5.88 Å². The molecule has 2 N–H and O–H groups in total. The van der Waals surface area contributed by atoms with Gasteiger partial charge in [-0.1, -0.05) is 24.3 Å². The summed E-state index contributed by atoms with van der Waals surface area (Å²) < 4.78 is 11.7. The molecule has 29 heavy (non-hydrogen) atoms. The molecule has 0 amide bonds. The van der Waals surface area contributed by atoms with Gasteiger partial charge >= 0.3 is 0 Å². The van der Waals surface area contributed by atoms with Crippen LogP contribution in [0.3, 0.4) is 0 Å². The lowest BCUT2D eigenvalue weighted by Gasteiger charge is -2.28. The van der Waals surface area contributed by atoms with Gasteiger partial charge in [0, 0.05) is 56.0 Å². The first-order valence-corrected chi connectivity index (χ1v) is 9.83. The minimum atomic E-state index is 0.397. The first-order valence-electron chi connectivity index (χ1n) is 9.83. The van der Waals surface area contributed by atoms with Crippen LogP contribution >= 0.6 is 0 Å². The normalized spacial score (nSPS) is 13.7. The van der Waals surface area contributed by atoms with Gasteiger partial charge in [0.2, 0.25) is 0 Å². The molecule has 1 aromatic heterocycles. The van der Waals surface area contributed by atoms with Crippen LogP contribution in [-0.2, 0) is 0 Å². The highest BCUT2D eigenvalue weighted by molar-refractivity contribution is 5.60. The van der Waals surface area contributed by atoms with Crippen LogP contribution in [0.2, 0.25) is 0 Å². The Hall–Kier alpha value is -3.32. The van der Waals surface area contributed by atoms with Crippen molar-refractivity contribution in [2.24, 2.45) is 0 Å². The average molecular weight is 391 g/mol. The van der Waals surface area contributed by atoms with E-state index in [1.54, 1.807) is 12.4 Å². The molecule has 1 fully saturated rings. The van der Waals surface area contributed by atoms with E-state index in [0.29, 0.717) is 19.1 Å². The highest BCUT2D eigenvalue weighted by Crippen LogP contribution is 2.23. The molecule has 0 unspecified atom stereocenters. The zero-order chi connectivity index (χ0) is 19.7. The van der Waals surface area contributed by atoms with E-state index in [2.05, 4.69) is 25.5 Å². The fraction of sp³-hybridized carbons (Fsp3) is 0.273. The molecule has 0 radical (unpaired) electrons. The third kappa shape index (κ3) is 5.36. The molecule has 3 aromatic rings. The molecule has 4 rings (SSSR count). The summed E-state index contributed by atoms with van der Waals surface area (Å²) in [5, 5.41) is 6.70. The van der Waals surface area contributed by atoms with E-state index in [-0.39, 0.29) is 0 Å². The van der Waals surface area contributed by atoms with Gasteiger partial charge in [-0.25, -0.2) is 9.97 Å². The van der Waals surface area contributed by atoms with Crippen LogP contribution in [0.1, 0.15) is 0 Å². The Balaban J connectivity index is 1.29. The second-order valence-corrected chi connectivity index (χ2v) is 6.64. The molecule has 1 aliphatic heterocycles. The summed E-state index contributed by atoms with van der Waals surface area (Å²) in [6, 6.07) is 17.9. The molecule has 0 bridgehead atoms. The maximum Gasteiger partial charge on any atom is 0.257 e. The number of benzene rings is 2. The van der Waals surface area contributed by atoms with Gasteiger partial charge < -0.3 is 25.0 Å². The van der Waals surface area contributed by atoms with Crippen molar-refractivity contribution in [3.8, 4) is 11.6 Å². The Labute approximate surface area is 170 Å². The minimum absolute atomic E-state index is 0.397. The standard InChI is InChI=1S/C22H25N5O2/c1-2-5-18(6-3-1)26-19-7-4-8-20(17-19)28-15-16-29-22-21(24-9-10-25-22)27-13-11-23-12-14-27/h1-10,17,23,26H,11-16H2. The summed E-state index contributed by atoms with van der Waals surface area (Å²) in [5.74, 6) is 2.14. The quantitative estimate of drug-likeness (QED) is 0.572. The molecule has 7 heteroatoms. The average Bonchev–Trinajstić information content (AvgIpc) is 2.79. The molecule has 0 saturated carbocycles. The van der Waals surface area contributed by atoms with Gasteiger partial charge in [0.15, 0.2) is 5.82 Å². The molecule has 150 valence electrons. The van der Waals surface area contributed by atoms with Crippen molar-refractivity contribution < 1.29 is 9.47 Å². The SMILES string of the molecule is c1ccc(Nc2cccc(OCCOc3nccnc3N3CCNCC3)c2)cc1. The van der Waals surface area contributed by atoms with Crippen LogP contribution in [0.5, 0.6) is 11.6 Å². The Kier molecular flexibility index (Phi) is 6.39. The number of para-hydroxylation sites is 1. The highest BCUT2D eigenvalue weighted by Gasteiger charge is 2.17. The van der Waals surface area contributed by atoms with Crippen molar-refractivity contribution in [2.45, 2.75) is 0 Å². The van der Waals surface area contributed by atoms with Crippen molar-refractivity contribution in [3.05, 3.63) is 67.0 Å². The van der Waals surface area contributed by atoms with E-state index >= 15 is 0 Å². The number of anilines is 3. The van der Waals surface area contributed by atoms with Gasteiger partial charge in [-0.15, -0.1) is 0 Å². The molecule has 2 aromatic carbocycles. The Bertz CT molecular complexity index is 900. The van der Waals surface area contributed by atoms with Crippen molar-refractivity contribution in [1.29, 1.82) is 0 Å². The first-order chi connectivity index (χ1) is 14.4. The number of nitrogens with zero attached hydrogens (tertiary/aromatic N) is 3. The molecule has 7 nitrogen and oxygen atoms in total. The minimum Gasteiger partial charge on any atom is -0.490 e. The van der Waals surface area contributed by atoms with Crippen LogP contribution in [0.15, 0.2) is 67.0 Å². The predicted octanol–water partition coefficient (Wildman–Crippen LogP) is 3.09. The smallest absolute Gasteiger partial charge is 0.257 e. The van der Waals surface area contributed by atoms with Crippen LogP contribution < -0.4 is 25.0 Å². The van der Waals surface area contributed by atoms with Gasteiger partial charge in [0.1, 0.15) is 19.0 Å². The fourth-order valence-electron chi connectivity index (χ4n) is 3.16. The lowest BCUT2D eigenvalue weighted by atomic mass is 10.2. The lowest BCUT2D eigenvalue weighted by Crippen LogP contribution is -2.44. The van der Waals surface area contributed by atoms with Crippen molar-refractivity contribution in [2.75, 3.05) is 49.6 Å². The summed E-state index contributed by atoms with van der Waals surface area (Å²) in [5.41, 5.74) is 2.01. The van der Waals surface area contributed by atoms with Gasteiger partial charge in [0.05, 0.1) is 0 Å². The summed E-state index contributed by atoms with van der Waals surface area (Å²) in [4.78, 5) is 11.0. The lowest BCUT2D eigenvalue weighted by molar-refractivity contribution is 0.211. The molecule has 1 saturated heterocycles. The van der Waals surface area contributed by atoms with E-state index in [1.165, 1.54) is 0 Å². The molecule has 2 heterocycles. The predicted molar refractivity (Wildman–Crippen MR) is 114 cm³/mol. The maximum atomic E-state index is 5.86. The van der Waals surface area contributed by atoms with Gasteiger partial charge in [-0.2, -0.15) is 0 Å². The first kappa shape index (κ1) is 19.0. The van der Waals surface area contributed by atoms with Crippen LogP contribution in [-0.4, -0.2) is 49.4 Å². The van der Waals surface area contributed by atoms with Crippen molar-refractivity contribution in [1.82, 2.24) is 15.3 Å². The second kappa shape index (κ2) is 9.75. The Morgan fingerprint density at radius 1 is 0.862 bits per heavy atom. The number of nitrogens with one attached hydrogen (secondary N) is 2. The highest BCUT2D eigenvalue weighted by atomic mass is 16.5. The third-order valence-corrected chi connectivity index (χ3v) is 4.55. The zero-order valence-corrected chi connectivity index (χ0v) is 16.3. The largest absolute Gasteiger partial charge is 0.490 e. The summed E-state index contributed by atoms with van der Waals surface area (Å²) in [6.45, 7) is 4.49. The van der Waals surface area contributed by atoms with E-state index < -0.39 is 0 Å². The summed E-state index contributed by atoms with van der Waals surface area (Å²) in [7, 11) is 0. The Morgan fingerprint density at radius 3 is 2.48 bits per heavy atom. The Morgan fingerprint density at radius 2 is 1.62 bits per heavy atom. The number of hydrogen-bond acceptors (Lipinski definition) is 7. The summed E-state index contributed by atoms with van der Waals surface area (Å²) >= 11 is 0. The number of piperazine rings is 1. The number of aromatic nitrogens is 2. The molecule has 0 spiro atoms. The van der Waals surface area contributed by atoms with Gasteiger partial charge in [-0.3, -0.25) is 0 Å². The van der Waals surface area contributed by atoms with E-state index in [4.69, 9.17) is 9.47 Å². The molecular weight excluding hydrogens is 366 g/mol. The maximum absolute atomic E-state index is 5.86. The van der Waals surface area contributed by atoms with Crippen molar-refractivity contribution >= 4 is 17.2 Å². The molecule has 0 aliphatic carbocycles. The molecule has 1 aliphatic rings. The van der Waals surface area contributed by atoms with Crippen LogP contribution in [0.25, 0.3) is 0 Å². The fourth-order valence-corrected chi connectivity index (χ4v) is 3.16. The monoisotopic (exact) mass is 391 g/mol. The number of rotatable bonds is 8. The molecule has 0 atom stereocenters. The van der Waals surface area contributed by atoms with Crippen LogP contribution in [0, 0.1) is 0 Å². The van der Waals surface area contributed by atoms with E-state index in [1.807, 2.05) is 54.6 Å². The van der Waals surface area contributed by atoms with Gasteiger partial charge in [-0.05, 0) is 24.3 Å². The second-order valence-electron chi connectivity index (χ2n) is 6.64. The van der Waals surface area contributed by atoms with E-state index in [0.717, 1.165) is 49.1 Å². The van der Waals surface area contributed by atoms with E-state index in [9.17, 15) is 0 Å². The zero-order valence-electron chi connectivity index (χ0n) is 16.3. The third-order valence-electron chi connectivity index (χ3n) is 4.55. The summed E-state index contributed by atoms with van der Waals surface area (Å²) in [6.07, 6.45) is 3.35. The number of ether oxygens (including phenoxy) is 2. The topological polar surface area (TPSA) is 71.5 Å². The van der Waals surface area contributed by atoms with Crippen LogP contribution in [0.4, 0.5) is 17.2 Å².